The van der Waals surface area contributed by atoms with Crippen LogP contribution in [0.25, 0.3) is 11.1 Å². The number of nitrogens with two attached hydrogens (primary N) is 2. The number of aliphatic hydroxyl groups is 1. The van der Waals surface area contributed by atoms with Gasteiger partial charge in [0.2, 0.25) is 5.41 Å². The van der Waals surface area contributed by atoms with Crippen LogP contribution in [0.2, 0.25) is 0 Å². The number of rotatable bonds is 15. The summed E-state index contributed by atoms with van der Waals surface area (Å²) in [6, 6.07) is 26.1. The van der Waals surface area contributed by atoms with Crippen LogP contribution in [-0.4, -0.2) is 61.9 Å². The summed E-state index contributed by atoms with van der Waals surface area (Å²) in [5, 5.41) is 14.7. The average Bonchev–Trinajstić information content (AvgIpc) is 3.12. The fourth-order valence-electron chi connectivity index (χ4n) is 5.04. The van der Waals surface area contributed by atoms with E-state index in [1.54, 1.807) is 66.7 Å². The van der Waals surface area contributed by atoms with Crippen LogP contribution in [0, 0.1) is 0 Å². The maximum atomic E-state index is 13.4. The van der Waals surface area contributed by atoms with Crippen LogP contribution >= 0.6 is 0 Å². The number of amides is 2. The normalized spacial score (nSPS) is 11.9. The predicted molar refractivity (Wildman–Crippen MR) is 179 cm³/mol. The maximum Gasteiger partial charge on any atom is 0.333 e. The molecule has 0 saturated carbocycles. The lowest BCUT2D eigenvalue weighted by molar-refractivity contribution is -0.171. The van der Waals surface area contributed by atoms with E-state index >= 15 is 0 Å². The smallest absolute Gasteiger partial charge is 0.333 e. The van der Waals surface area contributed by atoms with Crippen molar-refractivity contribution in [1.82, 2.24) is 5.32 Å². The van der Waals surface area contributed by atoms with Gasteiger partial charge in [0, 0.05) is 5.56 Å². The Morgan fingerprint density at radius 1 is 0.776 bits per heavy atom. The first-order valence-electron chi connectivity index (χ1n) is 15.1. The first-order valence-corrected chi connectivity index (χ1v) is 15.1. The summed E-state index contributed by atoms with van der Waals surface area (Å²) in [4.78, 5) is 65.5. The highest BCUT2D eigenvalue weighted by atomic mass is 16.6. The van der Waals surface area contributed by atoms with Crippen molar-refractivity contribution in [1.29, 1.82) is 0 Å². The van der Waals surface area contributed by atoms with Crippen molar-refractivity contribution in [3.05, 3.63) is 125 Å². The number of aliphatic hydroxyl groups excluding tert-OH is 1. The average molecular weight is 669 g/mol. The van der Waals surface area contributed by atoms with Crippen molar-refractivity contribution in [2.45, 2.75) is 18.4 Å². The second kappa shape index (κ2) is 16.8. The van der Waals surface area contributed by atoms with Crippen molar-refractivity contribution in [2.75, 3.05) is 32.4 Å². The second-order valence-corrected chi connectivity index (χ2v) is 10.7. The standard InChI is InChI=1S/C36H36N4O9/c1-39-22-49-35(46)36(34(45)48-21-37,26-7-3-2-4-8-26)20-47-31(42)18-24-13-16-30(29(17-24)32(38)43)40-33(44)28-10-6-5-9-27(28)25-14-11-23(19-41)12-15-25/h2-17,39,41H,18-22,37H2,1H3,(H2,38,43)(H,40,44). The van der Waals surface area contributed by atoms with Gasteiger partial charge in [-0.1, -0.05) is 78.9 Å². The third kappa shape index (κ3) is 8.53. The van der Waals surface area contributed by atoms with Crippen LogP contribution in [0.1, 0.15) is 37.4 Å². The minimum Gasteiger partial charge on any atom is -0.463 e. The van der Waals surface area contributed by atoms with Crippen LogP contribution < -0.4 is 22.1 Å². The zero-order valence-electron chi connectivity index (χ0n) is 26.6. The summed E-state index contributed by atoms with van der Waals surface area (Å²) in [6.07, 6.45) is -0.385. The van der Waals surface area contributed by atoms with E-state index in [0.717, 1.165) is 11.1 Å². The number of carbonyl (C=O) groups is 5. The number of anilines is 1. The van der Waals surface area contributed by atoms with E-state index in [4.69, 9.17) is 25.7 Å². The minimum absolute atomic E-state index is 0.0655. The van der Waals surface area contributed by atoms with E-state index in [2.05, 4.69) is 10.6 Å². The molecule has 0 heterocycles. The van der Waals surface area contributed by atoms with E-state index in [-0.39, 0.29) is 36.6 Å². The monoisotopic (exact) mass is 668 g/mol. The number of benzene rings is 4. The molecule has 4 rings (SSSR count). The molecule has 13 nitrogen and oxygen atoms in total. The van der Waals surface area contributed by atoms with Gasteiger partial charge < -0.3 is 30.4 Å². The van der Waals surface area contributed by atoms with Crippen LogP contribution in [0.4, 0.5) is 5.69 Å². The number of esters is 3. The summed E-state index contributed by atoms with van der Waals surface area (Å²) in [5.74, 6) is -4.33. The third-order valence-electron chi connectivity index (χ3n) is 7.54. The molecule has 0 aliphatic carbocycles. The molecule has 1 atom stereocenters. The van der Waals surface area contributed by atoms with Gasteiger partial charge in [-0.3, -0.25) is 35.0 Å². The summed E-state index contributed by atoms with van der Waals surface area (Å²) >= 11 is 0. The Hall–Kier alpha value is -5.89. The number of ether oxygens (including phenoxy) is 3. The molecule has 0 aromatic heterocycles. The fourth-order valence-corrected chi connectivity index (χ4v) is 5.04. The molecule has 0 spiro atoms. The van der Waals surface area contributed by atoms with Gasteiger partial charge in [-0.25, -0.2) is 0 Å². The Balaban J connectivity index is 1.55. The van der Waals surface area contributed by atoms with Gasteiger partial charge in [-0.2, -0.15) is 0 Å². The quantitative estimate of drug-likeness (QED) is 0.0538. The van der Waals surface area contributed by atoms with Gasteiger partial charge >= 0.3 is 17.9 Å². The topological polar surface area (TPSA) is 209 Å². The molecular formula is C36H36N4O9. The van der Waals surface area contributed by atoms with Crippen LogP contribution in [0.3, 0.4) is 0 Å². The molecule has 4 aromatic carbocycles. The van der Waals surface area contributed by atoms with Gasteiger partial charge in [-0.15, -0.1) is 0 Å². The molecule has 4 aromatic rings. The number of hydrogen-bond acceptors (Lipinski definition) is 11. The highest BCUT2D eigenvalue weighted by molar-refractivity contribution is 6.12. The number of nitrogens with one attached hydrogen (secondary N) is 2. The Morgan fingerprint density at radius 2 is 1.43 bits per heavy atom. The molecule has 0 aliphatic heterocycles. The van der Waals surface area contributed by atoms with Crippen LogP contribution in [-0.2, 0) is 47.0 Å². The zero-order valence-corrected chi connectivity index (χ0v) is 26.6. The molecule has 0 fully saturated rings. The second-order valence-electron chi connectivity index (χ2n) is 10.7. The lowest BCUT2D eigenvalue weighted by atomic mass is 9.81. The van der Waals surface area contributed by atoms with E-state index in [1.807, 2.05) is 0 Å². The Morgan fingerprint density at radius 3 is 2.08 bits per heavy atom. The molecule has 0 bridgehead atoms. The highest BCUT2D eigenvalue weighted by Gasteiger charge is 2.52. The fraction of sp³-hybridized carbons (Fsp3) is 0.194. The summed E-state index contributed by atoms with van der Waals surface area (Å²) < 4.78 is 15.7. The van der Waals surface area contributed by atoms with Gasteiger partial charge in [0.1, 0.15) is 20.1 Å². The Labute approximate surface area is 282 Å². The lowest BCUT2D eigenvalue weighted by Crippen LogP contribution is -2.51. The SMILES string of the molecule is CNCOC(=O)C(COC(=O)Cc1ccc(NC(=O)c2ccccc2-c2ccc(CO)cc2)c(C(N)=O)c1)(C(=O)OCN)c1ccccc1. The number of primary amides is 1. The minimum atomic E-state index is -2.18. The largest absolute Gasteiger partial charge is 0.463 e. The van der Waals surface area contributed by atoms with Crippen molar-refractivity contribution in [2.24, 2.45) is 11.5 Å². The van der Waals surface area contributed by atoms with Crippen molar-refractivity contribution in [3.8, 4) is 11.1 Å². The summed E-state index contributed by atoms with van der Waals surface area (Å²) in [7, 11) is 1.53. The van der Waals surface area contributed by atoms with E-state index in [1.165, 1.54) is 37.4 Å². The number of carbonyl (C=O) groups excluding carboxylic acids is 5. The molecule has 0 saturated heterocycles. The van der Waals surface area contributed by atoms with Crippen LogP contribution in [0.5, 0.6) is 0 Å². The molecule has 254 valence electrons. The predicted octanol–water partition coefficient (Wildman–Crippen LogP) is 2.40. The zero-order chi connectivity index (χ0) is 35.4. The van der Waals surface area contributed by atoms with Crippen molar-refractivity contribution >= 4 is 35.4 Å². The molecule has 1 unspecified atom stereocenters. The molecule has 49 heavy (non-hydrogen) atoms. The van der Waals surface area contributed by atoms with Gasteiger partial charge in [0.05, 0.1) is 24.3 Å². The highest BCUT2D eigenvalue weighted by Crippen LogP contribution is 2.30. The van der Waals surface area contributed by atoms with E-state index < -0.39 is 48.5 Å². The molecule has 7 N–H and O–H groups in total. The first kappa shape index (κ1) is 36.0. The Kier molecular flexibility index (Phi) is 12.3. The Bertz CT molecular complexity index is 1810. The maximum absolute atomic E-state index is 13.4. The van der Waals surface area contributed by atoms with Gasteiger partial charge in [0.15, 0.2) is 0 Å². The third-order valence-corrected chi connectivity index (χ3v) is 7.54. The van der Waals surface area contributed by atoms with Gasteiger partial charge in [-0.05, 0) is 53.1 Å². The van der Waals surface area contributed by atoms with E-state index in [9.17, 15) is 29.1 Å². The molecule has 13 heteroatoms. The molecule has 0 aliphatic rings. The lowest BCUT2D eigenvalue weighted by Gasteiger charge is -2.29. The van der Waals surface area contributed by atoms with Crippen molar-refractivity contribution in [3.63, 3.8) is 0 Å². The first-order chi connectivity index (χ1) is 23.6. The summed E-state index contributed by atoms with van der Waals surface area (Å²) in [6.45, 7) is -1.66. The van der Waals surface area contributed by atoms with Crippen molar-refractivity contribution < 1.29 is 43.3 Å². The molecular weight excluding hydrogens is 632 g/mol. The van der Waals surface area contributed by atoms with E-state index in [0.29, 0.717) is 16.7 Å². The molecule has 2 amide bonds. The van der Waals surface area contributed by atoms with Crippen LogP contribution in [0.15, 0.2) is 97.1 Å². The summed E-state index contributed by atoms with van der Waals surface area (Å²) in [5.41, 5.74) is 11.8. The van der Waals surface area contributed by atoms with Gasteiger partial charge in [0.25, 0.3) is 11.8 Å². The number of hydrogen-bond donors (Lipinski definition) is 5. The molecule has 0 radical (unpaired) electrons.